The van der Waals surface area contributed by atoms with Crippen LogP contribution in [0.4, 0.5) is 4.79 Å². The molecule has 17 heavy (non-hydrogen) atoms. The van der Waals surface area contributed by atoms with Crippen LogP contribution < -0.4 is 10.1 Å². The fourth-order valence-corrected chi connectivity index (χ4v) is 2.37. The van der Waals surface area contributed by atoms with Gasteiger partial charge >= 0.3 is 6.09 Å². The predicted octanol–water partition coefficient (Wildman–Crippen LogP) is 2.46. The molecule has 0 aliphatic heterocycles. The second-order valence-corrected chi connectivity index (χ2v) is 4.44. The average molecular weight is 252 g/mol. The molecular weight excluding hydrogens is 240 g/mol. The number of carbonyl (C=O) groups is 1. The van der Waals surface area contributed by atoms with Gasteiger partial charge in [-0.1, -0.05) is 0 Å². The number of nitrogens with one attached hydrogen (secondary N) is 1. The third-order valence-corrected chi connectivity index (χ3v) is 3.12. The molecule has 0 unspecified atom stereocenters. The lowest BCUT2D eigenvalue weighted by molar-refractivity contribution is 0.194. The van der Waals surface area contributed by atoms with Crippen molar-refractivity contribution in [3.05, 3.63) is 23.2 Å². The van der Waals surface area contributed by atoms with Crippen LogP contribution in [0.25, 0.3) is 10.2 Å². The Balaban J connectivity index is 2.21. The molecule has 1 aromatic heterocycles. The highest BCUT2D eigenvalue weighted by atomic mass is 32.1. The van der Waals surface area contributed by atoms with Gasteiger partial charge in [-0.3, -0.25) is 0 Å². The van der Waals surface area contributed by atoms with Crippen LogP contribution in [-0.4, -0.2) is 22.8 Å². The molecule has 0 saturated heterocycles. The van der Waals surface area contributed by atoms with Gasteiger partial charge in [0.05, 0.1) is 23.4 Å². The Morgan fingerprint density at radius 2 is 2.41 bits per heavy atom. The fourth-order valence-electron chi connectivity index (χ4n) is 1.44. The zero-order chi connectivity index (χ0) is 12.3. The maximum Gasteiger partial charge on any atom is 0.405 e. The molecule has 5 nitrogen and oxygen atoms in total. The molecule has 2 N–H and O–H groups in total. The SMILES string of the molecule is CCOc1ccc2nc(CNC(=O)O)sc2c1. The van der Waals surface area contributed by atoms with Crippen LogP contribution in [0, 0.1) is 0 Å². The Labute approximate surface area is 102 Å². The number of aromatic nitrogens is 1. The first-order valence-corrected chi connectivity index (χ1v) is 5.99. The van der Waals surface area contributed by atoms with E-state index < -0.39 is 6.09 Å². The molecule has 1 amide bonds. The second kappa shape index (κ2) is 5.01. The predicted molar refractivity (Wildman–Crippen MR) is 65.7 cm³/mol. The minimum atomic E-state index is -1.04. The molecule has 0 aliphatic rings. The van der Waals surface area contributed by atoms with Crippen molar-refractivity contribution in [3.8, 4) is 5.75 Å². The minimum Gasteiger partial charge on any atom is -0.494 e. The summed E-state index contributed by atoms with van der Waals surface area (Å²) in [5, 5.41) is 11.6. The molecule has 0 aliphatic carbocycles. The van der Waals surface area contributed by atoms with Gasteiger partial charge in [0.25, 0.3) is 0 Å². The van der Waals surface area contributed by atoms with Gasteiger partial charge in [-0.2, -0.15) is 0 Å². The highest BCUT2D eigenvalue weighted by Gasteiger charge is 2.06. The molecule has 0 spiro atoms. The molecule has 1 heterocycles. The van der Waals surface area contributed by atoms with Crippen molar-refractivity contribution in [2.24, 2.45) is 0 Å². The largest absolute Gasteiger partial charge is 0.494 e. The van der Waals surface area contributed by atoms with E-state index in [9.17, 15) is 4.79 Å². The number of ether oxygens (including phenoxy) is 1. The zero-order valence-electron chi connectivity index (χ0n) is 9.27. The average Bonchev–Trinajstić information content (AvgIpc) is 2.69. The molecule has 0 radical (unpaired) electrons. The zero-order valence-corrected chi connectivity index (χ0v) is 10.1. The van der Waals surface area contributed by atoms with Crippen LogP contribution in [-0.2, 0) is 6.54 Å². The van der Waals surface area contributed by atoms with Crippen LogP contribution in [0.2, 0.25) is 0 Å². The van der Waals surface area contributed by atoms with Crippen molar-refractivity contribution in [1.29, 1.82) is 0 Å². The number of nitrogens with zero attached hydrogens (tertiary/aromatic N) is 1. The summed E-state index contributed by atoms with van der Waals surface area (Å²) in [7, 11) is 0. The highest BCUT2D eigenvalue weighted by Crippen LogP contribution is 2.26. The van der Waals surface area contributed by atoms with Gasteiger partial charge in [0.1, 0.15) is 10.8 Å². The molecule has 6 heteroatoms. The minimum absolute atomic E-state index is 0.235. The second-order valence-electron chi connectivity index (χ2n) is 3.33. The first kappa shape index (κ1) is 11.7. The van der Waals surface area contributed by atoms with Crippen LogP contribution in [0.3, 0.4) is 0 Å². The first-order valence-electron chi connectivity index (χ1n) is 5.18. The number of rotatable bonds is 4. The fraction of sp³-hybridized carbons (Fsp3) is 0.273. The molecular formula is C11H12N2O3S. The molecule has 0 saturated carbocycles. The van der Waals surface area contributed by atoms with Gasteiger partial charge < -0.3 is 15.2 Å². The van der Waals surface area contributed by atoms with Gasteiger partial charge in [0.2, 0.25) is 0 Å². The van der Waals surface area contributed by atoms with Crippen molar-refractivity contribution >= 4 is 27.6 Å². The number of benzene rings is 1. The molecule has 0 fully saturated rings. The summed E-state index contributed by atoms with van der Waals surface area (Å²) < 4.78 is 6.39. The standard InChI is InChI=1S/C11H12N2O3S/c1-2-16-7-3-4-8-9(5-7)17-10(13-8)6-12-11(14)15/h3-5,12H,2,6H2,1H3,(H,14,15). The number of hydrogen-bond donors (Lipinski definition) is 2. The van der Waals surface area contributed by atoms with Gasteiger partial charge in [-0.15, -0.1) is 11.3 Å². The smallest absolute Gasteiger partial charge is 0.405 e. The molecule has 90 valence electrons. The molecule has 0 atom stereocenters. The van der Waals surface area contributed by atoms with E-state index in [-0.39, 0.29) is 6.54 Å². The maximum absolute atomic E-state index is 10.4. The molecule has 2 aromatic rings. The summed E-state index contributed by atoms with van der Waals surface area (Å²) in [4.78, 5) is 14.7. The Morgan fingerprint density at radius 1 is 1.59 bits per heavy atom. The van der Waals surface area contributed by atoms with Crippen LogP contribution in [0.1, 0.15) is 11.9 Å². The summed E-state index contributed by atoms with van der Waals surface area (Å²) in [6.45, 7) is 2.79. The van der Waals surface area contributed by atoms with Gasteiger partial charge in [-0.25, -0.2) is 9.78 Å². The summed E-state index contributed by atoms with van der Waals surface area (Å²) in [6.07, 6.45) is -1.04. The molecule has 0 bridgehead atoms. The van der Waals surface area contributed by atoms with E-state index in [1.165, 1.54) is 11.3 Å². The maximum atomic E-state index is 10.4. The third kappa shape index (κ3) is 2.85. The summed E-state index contributed by atoms with van der Waals surface area (Å²) in [5.41, 5.74) is 0.862. The summed E-state index contributed by atoms with van der Waals surface area (Å²) in [6, 6.07) is 5.65. The normalized spacial score (nSPS) is 10.4. The Hall–Kier alpha value is -1.82. The van der Waals surface area contributed by atoms with E-state index in [0.29, 0.717) is 6.61 Å². The van der Waals surface area contributed by atoms with Crippen molar-refractivity contribution in [2.45, 2.75) is 13.5 Å². The number of amides is 1. The molecule has 2 rings (SSSR count). The highest BCUT2D eigenvalue weighted by molar-refractivity contribution is 7.18. The van der Waals surface area contributed by atoms with Crippen molar-refractivity contribution in [3.63, 3.8) is 0 Å². The Kier molecular flexibility index (Phi) is 3.43. The quantitative estimate of drug-likeness (QED) is 0.876. The molecule has 1 aromatic carbocycles. The van der Waals surface area contributed by atoms with E-state index >= 15 is 0 Å². The summed E-state index contributed by atoms with van der Waals surface area (Å²) in [5.74, 6) is 0.807. The topological polar surface area (TPSA) is 71.5 Å². The van der Waals surface area contributed by atoms with Crippen LogP contribution in [0.5, 0.6) is 5.75 Å². The lowest BCUT2D eigenvalue weighted by Crippen LogP contribution is -2.19. The Bertz CT molecular complexity index is 538. The lowest BCUT2D eigenvalue weighted by Gasteiger charge is -2.00. The van der Waals surface area contributed by atoms with Crippen LogP contribution in [0.15, 0.2) is 18.2 Å². The van der Waals surface area contributed by atoms with Crippen molar-refractivity contribution in [2.75, 3.05) is 6.61 Å². The van der Waals surface area contributed by atoms with Crippen molar-refractivity contribution < 1.29 is 14.6 Å². The van der Waals surface area contributed by atoms with E-state index in [2.05, 4.69) is 10.3 Å². The van der Waals surface area contributed by atoms with Gasteiger partial charge in [0, 0.05) is 0 Å². The van der Waals surface area contributed by atoms with E-state index in [0.717, 1.165) is 21.0 Å². The summed E-state index contributed by atoms with van der Waals surface area (Å²) >= 11 is 1.46. The van der Waals surface area contributed by atoms with Gasteiger partial charge in [0.15, 0.2) is 0 Å². The van der Waals surface area contributed by atoms with Crippen LogP contribution >= 0.6 is 11.3 Å². The number of hydrogen-bond acceptors (Lipinski definition) is 4. The van der Waals surface area contributed by atoms with E-state index in [1.54, 1.807) is 0 Å². The number of fused-ring (bicyclic) bond motifs is 1. The lowest BCUT2D eigenvalue weighted by atomic mass is 10.3. The van der Waals surface area contributed by atoms with E-state index in [4.69, 9.17) is 9.84 Å². The monoisotopic (exact) mass is 252 g/mol. The van der Waals surface area contributed by atoms with Crippen molar-refractivity contribution in [1.82, 2.24) is 10.3 Å². The van der Waals surface area contributed by atoms with Gasteiger partial charge in [-0.05, 0) is 25.1 Å². The number of carboxylic acid groups (broad SMARTS) is 1. The first-order chi connectivity index (χ1) is 8.19. The number of thiazole rings is 1. The third-order valence-electron chi connectivity index (χ3n) is 2.11. The van der Waals surface area contributed by atoms with E-state index in [1.807, 2.05) is 25.1 Å². The Morgan fingerprint density at radius 3 is 3.12 bits per heavy atom.